The molecule has 1 aliphatic rings. The van der Waals surface area contributed by atoms with Crippen molar-refractivity contribution in [1.82, 2.24) is 4.90 Å². The largest absolute Gasteiger partial charge is 0.493 e. The Morgan fingerprint density at radius 1 is 1.22 bits per heavy atom. The summed E-state index contributed by atoms with van der Waals surface area (Å²) >= 11 is 0. The van der Waals surface area contributed by atoms with Crippen molar-refractivity contribution in [3.63, 3.8) is 0 Å². The third-order valence-corrected chi connectivity index (χ3v) is 4.61. The molecule has 0 aliphatic carbocycles. The molecule has 23 heavy (non-hydrogen) atoms. The van der Waals surface area contributed by atoms with Crippen molar-refractivity contribution >= 4 is 0 Å². The Morgan fingerprint density at radius 3 is 2.30 bits per heavy atom. The van der Waals surface area contributed by atoms with Gasteiger partial charge in [0.1, 0.15) is 0 Å². The second kappa shape index (κ2) is 7.41. The van der Waals surface area contributed by atoms with Crippen LogP contribution in [0.25, 0.3) is 0 Å². The summed E-state index contributed by atoms with van der Waals surface area (Å²) in [5.74, 6) is 2.10. The Bertz CT molecular complexity index is 506. The maximum atomic E-state index is 6.23. The molecule has 0 radical (unpaired) electrons. The number of nitrogens with zero attached hydrogens (tertiary/aromatic N) is 1. The van der Waals surface area contributed by atoms with Gasteiger partial charge in [-0.2, -0.15) is 0 Å². The fourth-order valence-electron chi connectivity index (χ4n) is 3.19. The highest BCUT2D eigenvalue weighted by Gasteiger charge is 2.33. The van der Waals surface area contributed by atoms with Gasteiger partial charge in [0.2, 0.25) is 5.75 Å². The molecule has 0 aromatic heterocycles. The lowest BCUT2D eigenvalue weighted by Crippen LogP contribution is -2.52. The summed E-state index contributed by atoms with van der Waals surface area (Å²) in [6.45, 7) is 9.87. The highest BCUT2D eigenvalue weighted by molar-refractivity contribution is 5.53. The summed E-state index contributed by atoms with van der Waals surface area (Å²) in [6.07, 6.45) is 1.03. The zero-order chi connectivity index (χ0) is 17.0. The van der Waals surface area contributed by atoms with Gasteiger partial charge in [0.25, 0.3) is 0 Å². The molecule has 130 valence electrons. The second-order valence-electron chi connectivity index (χ2n) is 6.86. The van der Waals surface area contributed by atoms with Gasteiger partial charge >= 0.3 is 0 Å². The Labute approximate surface area is 139 Å². The van der Waals surface area contributed by atoms with Crippen LogP contribution < -0.4 is 19.9 Å². The lowest BCUT2D eigenvalue weighted by Gasteiger charge is -2.42. The molecule has 1 unspecified atom stereocenters. The van der Waals surface area contributed by atoms with Crippen LogP contribution in [0, 0.1) is 5.41 Å². The van der Waals surface area contributed by atoms with E-state index < -0.39 is 0 Å². The smallest absolute Gasteiger partial charge is 0.203 e. The summed E-state index contributed by atoms with van der Waals surface area (Å²) in [5.41, 5.74) is 7.53. The molecular weight excluding hydrogens is 292 g/mol. The van der Waals surface area contributed by atoms with Crippen molar-refractivity contribution in [2.75, 3.05) is 33.9 Å². The third-order valence-electron chi connectivity index (χ3n) is 4.61. The molecule has 2 N–H and O–H groups in total. The normalized spacial score (nSPS) is 21.0. The fourth-order valence-corrected chi connectivity index (χ4v) is 3.19. The highest BCUT2D eigenvalue weighted by Crippen LogP contribution is 2.39. The summed E-state index contributed by atoms with van der Waals surface area (Å²) < 4.78 is 16.6. The SMILES string of the molecule is CCOc1c(OC)cc(CN2CCC(N)C(C)(C)C2)cc1OC. The van der Waals surface area contributed by atoms with Crippen molar-refractivity contribution < 1.29 is 14.2 Å². The molecule has 5 nitrogen and oxygen atoms in total. The molecule has 0 saturated carbocycles. The van der Waals surface area contributed by atoms with Crippen LogP contribution in [-0.2, 0) is 6.54 Å². The number of benzene rings is 1. The van der Waals surface area contributed by atoms with Crippen LogP contribution >= 0.6 is 0 Å². The zero-order valence-corrected chi connectivity index (χ0v) is 15.0. The van der Waals surface area contributed by atoms with Crippen molar-refractivity contribution in [2.45, 2.75) is 39.8 Å². The van der Waals surface area contributed by atoms with Crippen LogP contribution in [0.2, 0.25) is 0 Å². The minimum absolute atomic E-state index is 0.137. The van der Waals surface area contributed by atoms with Gasteiger partial charge in [-0.25, -0.2) is 0 Å². The third kappa shape index (κ3) is 4.09. The predicted octanol–water partition coefficient (Wildman–Crippen LogP) is 2.66. The van der Waals surface area contributed by atoms with Gasteiger partial charge in [-0.05, 0) is 36.5 Å². The van der Waals surface area contributed by atoms with Crippen LogP contribution in [-0.4, -0.2) is 44.9 Å². The number of methoxy groups -OCH3 is 2. The Morgan fingerprint density at radius 2 is 1.83 bits per heavy atom. The summed E-state index contributed by atoms with van der Waals surface area (Å²) in [4.78, 5) is 2.44. The minimum atomic E-state index is 0.137. The molecule has 1 fully saturated rings. The summed E-state index contributed by atoms with van der Waals surface area (Å²) in [7, 11) is 3.31. The highest BCUT2D eigenvalue weighted by atomic mass is 16.5. The van der Waals surface area contributed by atoms with Gasteiger partial charge in [-0.3, -0.25) is 4.90 Å². The summed E-state index contributed by atoms with van der Waals surface area (Å²) in [6, 6.07) is 4.34. The number of likely N-dealkylation sites (tertiary alicyclic amines) is 1. The van der Waals surface area contributed by atoms with E-state index in [9.17, 15) is 0 Å². The van der Waals surface area contributed by atoms with Crippen LogP contribution in [0.5, 0.6) is 17.2 Å². The molecule has 1 saturated heterocycles. The van der Waals surface area contributed by atoms with Gasteiger partial charge in [0.05, 0.1) is 20.8 Å². The van der Waals surface area contributed by atoms with Crippen molar-refractivity contribution in [2.24, 2.45) is 11.1 Å². The van der Waals surface area contributed by atoms with Gasteiger partial charge in [0, 0.05) is 25.7 Å². The Balaban J connectivity index is 2.20. The van der Waals surface area contributed by atoms with E-state index in [2.05, 4.69) is 18.7 Å². The first-order valence-corrected chi connectivity index (χ1v) is 8.27. The average Bonchev–Trinajstić information content (AvgIpc) is 2.51. The first-order valence-electron chi connectivity index (χ1n) is 8.27. The van der Waals surface area contributed by atoms with Crippen LogP contribution in [0.4, 0.5) is 0 Å². The van der Waals surface area contributed by atoms with E-state index in [4.69, 9.17) is 19.9 Å². The molecule has 0 bridgehead atoms. The molecule has 0 spiro atoms. The molecule has 1 aromatic carbocycles. The maximum absolute atomic E-state index is 6.23. The minimum Gasteiger partial charge on any atom is -0.493 e. The van der Waals surface area contributed by atoms with E-state index in [1.807, 2.05) is 19.1 Å². The van der Waals surface area contributed by atoms with Crippen molar-refractivity contribution in [3.8, 4) is 17.2 Å². The van der Waals surface area contributed by atoms with E-state index in [0.29, 0.717) is 23.9 Å². The van der Waals surface area contributed by atoms with E-state index in [1.54, 1.807) is 14.2 Å². The van der Waals surface area contributed by atoms with Gasteiger partial charge < -0.3 is 19.9 Å². The monoisotopic (exact) mass is 322 g/mol. The van der Waals surface area contributed by atoms with Gasteiger partial charge in [-0.15, -0.1) is 0 Å². The van der Waals surface area contributed by atoms with Crippen LogP contribution in [0.3, 0.4) is 0 Å². The van der Waals surface area contributed by atoms with Crippen LogP contribution in [0.15, 0.2) is 12.1 Å². The zero-order valence-electron chi connectivity index (χ0n) is 15.0. The molecule has 1 aromatic rings. The Kier molecular flexibility index (Phi) is 5.76. The Hall–Kier alpha value is -1.46. The summed E-state index contributed by atoms with van der Waals surface area (Å²) in [5, 5.41) is 0. The van der Waals surface area contributed by atoms with Gasteiger partial charge in [0.15, 0.2) is 11.5 Å². The second-order valence-corrected chi connectivity index (χ2v) is 6.86. The molecule has 0 amide bonds. The molecule has 2 rings (SSSR count). The first-order chi connectivity index (χ1) is 10.9. The van der Waals surface area contributed by atoms with E-state index in [1.165, 1.54) is 0 Å². The number of nitrogens with two attached hydrogens (primary N) is 1. The average molecular weight is 322 g/mol. The number of hydrogen-bond acceptors (Lipinski definition) is 5. The number of rotatable bonds is 6. The number of ether oxygens (including phenoxy) is 3. The predicted molar refractivity (Wildman–Crippen MR) is 92.4 cm³/mol. The maximum Gasteiger partial charge on any atom is 0.203 e. The first kappa shape index (κ1) is 17.9. The number of piperidine rings is 1. The molecular formula is C18H30N2O3. The molecule has 5 heteroatoms. The van der Waals surface area contributed by atoms with E-state index in [-0.39, 0.29) is 11.5 Å². The lowest BCUT2D eigenvalue weighted by molar-refractivity contribution is 0.0897. The molecule has 1 heterocycles. The number of hydrogen-bond donors (Lipinski definition) is 1. The van der Waals surface area contributed by atoms with Gasteiger partial charge in [-0.1, -0.05) is 13.8 Å². The van der Waals surface area contributed by atoms with E-state index in [0.717, 1.165) is 31.6 Å². The molecule has 1 atom stereocenters. The van der Waals surface area contributed by atoms with E-state index >= 15 is 0 Å². The van der Waals surface area contributed by atoms with Crippen molar-refractivity contribution in [3.05, 3.63) is 17.7 Å². The molecule has 1 aliphatic heterocycles. The lowest BCUT2D eigenvalue weighted by atomic mass is 9.79. The van der Waals surface area contributed by atoms with Crippen molar-refractivity contribution in [1.29, 1.82) is 0 Å². The topological polar surface area (TPSA) is 57.0 Å². The standard InChI is InChI=1S/C18H30N2O3/c1-6-23-17-14(21-4)9-13(10-15(17)22-5)11-20-8-7-16(19)18(2,3)12-20/h9-10,16H,6-8,11-12,19H2,1-5H3. The van der Waals surface area contributed by atoms with Crippen LogP contribution in [0.1, 0.15) is 32.8 Å². The quantitative estimate of drug-likeness (QED) is 0.872. The fraction of sp³-hybridized carbons (Fsp3) is 0.667.